The van der Waals surface area contributed by atoms with Crippen molar-refractivity contribution in [3.8, 4) is 5.75 Å². The second-order valence-corrected chi connectivity index (χ2v) is 7.19. The summed E-state index contributed by atoms with van der Waals surface area (Å²) >= 11 is 0. The molecule has 0 aliphatic heterocycles. The highest BCUT2D eigenvalue weighted by Crippen LogP contribution is 2.37. The van der Waals surface area contributed by atoms with Crippen molar-refractivity contribution in [1.29, 1.82) is 0 Å². The molecule has 2 aromatic rings. The molecule has 0 saturated heterocycles. The van der Waals surface area contributed by atoms with Crippen molar-refractivity contribution < 1.29 is 14.6 Å². The van der Waals surface area contributed by atoms with E-state index in [2.05, 4.69) is 32.9 Å². The minimum atomic E-state index is -0.311. The van der Waals surface area contributed by atoms with Crippen LogP contribution in [-0.4, -0.2) is 5.97 Å². The standard InChI is InChI=1S/C23H30O3/c1-4-5-6-7-11-18-22(24)26-25-21-17-13-12-16-20(21)23(2,3)19-14-9-8-10-15-19/h8-10,12-17H,4-7,11,18H2,1-3H3. The highest BCUT2D eigenvalue weighted by Gasteiger charge is 2.27. The Balaban J connectivity index is 1.98. The normalized spacial score (nSPS) is 11.2. The topological polar surface area (TPSA) is 35.5 Å². The van der Waals surface area contributed by atoms with Crippen LogP contribution in [0, 0.1) is 0 Å². The van der Waals surface area contributed by atoms with Gasteiger partial charge in [-0.05, 0) is 18.1 Å². The summed E-state index contributed by atoms with van der Waals surface area (Å²) in [5.74, 6) is 0.273. The molecule has 0 atom stereocenters. The maximum Gasteiger partial charge on any atom is 0.355 e. The van der Waals surface area contributed by atoms with Crippen LogP contribution in [0.4, 0.5) is 0 Å². The van der Waals surface area contributed by atoms with E-state index >= 15 is 0 Å². The van der Waals surface area contributed by atoms with Crippen molar-refractivity contribution in [2.75, 3.05) is 0 Å². The van der Waals surface area contributed by atoms with Crippen LogP contribution < -0.4 is 4.89 Å². The Bertz CT molecular complexity index is 677. The maximum absolute atomic E-state index is 11.9. The first-order valence-electron chi connectivity index (χ1n) is 9.58. The lowest BCUT2D eigenvalue weighted by Crippen LogP contribution is -2.20. The van der Waals surface area contributed by atoms with Gasteiger partial charge in [0.15, 0.2) is 5.75 Å². The molecule has 2 aromatic carbocycles. The average molecular weight is 354 g/mol. The Morgan fingerprint density at radius 1 is 0.885 bits per heavy atom. The second kappa shape index (κ2) is 10.0. The lowest BCUT2D eigenvalue weighted by atomic mass is 9.78. The predicted molar refractivity (Wildman–Crippen MR) is 105 cm³/mol. The van der Waals surface area contributed by atoms with E-state index in [1.165, 1.54) is 24.8 Å². The molecule has 0 bridgehead atoms. The molecule has 0 heterocycles. The Kier molecular flexibility index (Phi) is 7.71. The van der Waals surface area contributed by atoms with E-state index in [4.69, 9.17) is 9.78 Å². The lowest BCUT2D eigenvalue weighted by molar-refractivity contribution is -0.214. The van der Waals surface area contributed by atoms with Crippen LogP contribution in [0.5, 0.6) is 5.75 Å². The van der Waals surface area contributed by atoms with Crippen LogP contribution in [-0.2, 0) is 15.1 Å². The number of rotatable bonds is 10. The van der Waals surface area contributed by atoms with E-state index in [9.17, 15) is 4.79 Å². The zero-order valence-corrected chi connectivity index (χ0v) is 16.2. The fraction of sp³-hybridized carbons (Fsp3) is 0.435. The Morgan fingerprint density at radius 3 is 2.27 bits per heavy atom. The van der Waals surface area contributed by atoms with Gasteiger partial charge >= 0.3 is 5.97 Å². The molecule has 0 saturated carbocycles. The maximum atomic E-state index is 11.9. The summed E-state index contributed by atoms with van der Waals surface area (Å²) in [6.07, 6.45) is 5.88. The average Bonchev–Trinajstić information content (AvgIpc) is 2.67. The van der Waals surface area contributed by atoms with Gasteiger partial charge in [0.25, 0.3) is 0 Å². The largest absolute Gasteiger partial charge is 0.355 e. The molecule has 0 unspecified atom stereocenters. The predicted octanol–water partition coefficient (Wildman–Crippen LogP) is 6.21. The van der Waals surface area contributed by atoms with Gasteiger partial charge in [0.05, 0.1) is 6.42 Å². The first-order chi connectivity index (χ1) is 12.6. The van der Waals surface area contributed by atoms with Gasteiger partial charge in [-0.25, -0.2) is 4.79 Å². The third kappa shape index (κ3) is 5.62. The minimum absolute atomic E-state index is 0.260. The Labute approximate surface area is 157 Å². The van der Waals surface area contributed by atoms with Crippen molar-refractivity contribution >= 4 is 5.97 Å². The summed E-state index contributed by atoms with van der Waals surface area (Å²) in [4.78, 5) is 22.4. The summed E-state index contributed by atoms with van der Waals surface area (Å²) in [7, 11) is 0. The van der Waals surface area contributed by atoms with Gasteiger partial charge in [-0.3, -0.25) is 9.78 Å². The molecule has 26 heavy (non-hydrogen) atoms. The van der Waals surface area contributed by atoms with Crippen molar-refractivity contribution in [3.63, 3.8) is 0 Å². The van der Waals surface area contributed by atoms with Crippen molar-refractivity contribution in [2.24, 2.45) is 0 Å². The highest BCUT2D eigenvalue weighted by atomic mass is 17.2. The molecule has 0 fully saturated rings. The van der Waals surface area contributed by atoms with Gasteiger partial charge in [-0.1, -0.05) is 95.0 Å². The van der Waals surface area contributed by atoms with Crippen molar-refractivity contribution in [3.05, 3.63) is 65.7 Å². The van der Waals surface area contributed by atoms with Crippen molar-refractivity contribution in [2.45, 2.75) is 64.7 Å². The fourth-order valence-corrected chi connectivity index (χ4v) is 3.07. The molecular weight excluding hydrogens is 324 g/mol. The van der Waals surface area contributed by atoms with E-state index in [0.717, 1.165) is 18.4 Å². The number of unbranched alkanes of at least 4 members (excludes halogenated alkanes) is 4. The first-order valence-corrected chi connectivity index (χ1v) is 9.58. The van der Waals surface area contributed by atoms with Gasteiger partial charge in [0.2, 0.25) is 0 Å². The smallest absolute Gasteiger partial charge is 0.287 e. The summed E-state index contributed by atoms with van der Waals surface area (Å²) in [6.45, 7) is 6.46. The van der Waals surface area contributed by atoms with Gasteiger partial charge in [0, 0.05) is 11.0 Å². The molecule has 0 spiro atoms. The van der Waals surface area contributed by atoms with Crippen LogP contribution in [0.3, 0.4) is 0 Å². The Hall–Kier alpha value is -2.29. The van der Waals surface area contributed by atoms with E-state index in [0.29, 0.717) is 12.2 Å². The zero-order valence-electron chi connectivity index (χ0n) is 16.2. The fourth-order valence-electron chi connectivity index (χ4n) is 3.07. The van der Waals surface area contributed by atoms with Crippen LogP contribution in [0.15, 0.2) is 54.6 Å². The van der Waals surface area contributed by atoms with E-state index < -0.39 is 0 Å². The molecule has 0 aliphatic carbocycles. The van der Waals surface area contributed by atoms with Gasteiger partial charge < -0.3 is 0 Å². The molecule has 140 valence electrons. The number of benzene rings is 2. The SMILES string of the molecule is CCCCCCCC(=O)OOc1ccccc1C(C)(C)c1ccccc1. The number of hydrogen-bond acceptors (Lipinski definition) is 3. The van der Waals surface area contributed by atoms with E-state index in [1.54, 1.807) is 0 Å². The lowest BCUT2D eigenvalue weighted by Gasteiger charge is -2.27. The van der Waals surface area contributed by atoms with Crippen LogP contribution >= 0.6 is 0 Å². The molecule has 3 heteroatoms. The quantitative estimate of drug-likeness (QED) is 0.289. The number of carbonyl (C=O) groups is 1. The molecule has 0 N–H and O–H groups in total. The summed E-state index contributed by atoms with van der Waals surface area (Å²) < 4.78 is 0. The number of para-hydroxylation sites is 1. The van der Waals surface area contributed by atoms with Crippen LogP contribution in [0.2, 0.25) is 0 Å². The number of hydrogen-bond donors (Lipinski definition) is 0. The van der Waals surface area contributed by atoms with Crippen LogP contribution in [0.1, 0.15) is 70.4 Å². The molecule has 0 aromatic heterocycles. The molecule has 3 nitrogen and oxygen atoms in total. The first kappa shape index (κ1) is 20.0. The van der Waals surface area contributed by atoms with E-state index in [-0.39, 0.29) is 11.4 Å². The van der Waals surface area contributed by atoms with Gasteiger partial charge in [-0.15, -0.1) is 0 Å². The summed E-state index contributed by atoms with van der Waals surface area (Å²) in [6, 6.07) is 18.0. The van der Waals surface area contributed by atoms with Gasteiger partial charge in [0.1, 0.15) is 0 Å². The third-order valence-corrected chi connectivity index (χ3v) is 4.76. The van der Waals surface area contributed by atoms with Crippen LogP contribution in [0.25, 0.3) is 0 Å². The molecule has 2 rings (SSSR count). The van der Waals surface area contributed by atoms with Crippen molar-refractivity contribution in [1.82, 2.24) is 0 Å². The molecule has 0 radical (unpaired) electrons. The summed E-state index contributed by atoms with van der Waals surface area (Å²) in [5.41, 5.74) is 1.91. The Morgan fingerprint density at radius 2 is 1.54 bits per heavy atom. The monoisotopic (exact) mass is 354 g/mol. The zero-order chi connectivity index (χ0) is 18.8. The minimum Gasteiger partial charge on any atom is -0.287 e. The molecular formula is C23H30O3. The molecule has 0 amide bonds. The highest BCUT2D eigenvalue weighted by molar-refractivity contribution is 5.68. The number of carbonyl (C=O) groups excluding carboxylic acids is 1. The van der Waals surface area contributed by atoms with Gasteiger partial charge in [-0.2, -0.15) is 0 Å². The van der Waals surface area contributed by atoms with E-state index in [1.807, 2.05) is 42.5 Å². The summed E-state index contributed by atoms with van der Waals surface area (Å²) in [5, 5.41) is 0. The second-order valence-electron chi connectivity index (χ2n) is 7.19. The third-order valence-electron chi connectivity index (χ3n) is 4.76. The molecule has 0 aliphatic rings.